The van der Waals surface area contributed by atoms with Gasteiger partial charge in [0.1, 0.15) is 0 Å². The van der Waals surface area contributed by atoms with Crippen molar-refractivity contribution in [1.29, 1.82) is 0 Å². The summed E-state index contributed by atoms with van der Waals surface area (Å²) in [7, 11) is 0. The summed E-state index contributed by atoms with van der Waals surface area (Å²) in [4.78, 5) is 15.7. The fourth-order valence-corrected chi connectivity index (χ4v) is 1.74. The zero-order valence-corrected chi connectivity index (χ0v) is 11.3. The number of carbonyl (C=O) groups is 1. The molecule has 1 aromatic heterocycles. The lowest BCUT2D eigenvalue weighted by Crippen LogP contribution is -2.24. The molecular weight excluding hydrogens is 252 g/mol. The minimum Gasteiger partial charge on any atom is -0.352 e. The molecule has 1 rings (SSSR count). The molecule has 5 nitrogen and oxygen atoms in total. The van der Waals surface area contributed by atoms with Crippen LogP contribution in [0.1, 0.15) is 43.0 Å². The van der Waals surface area contributed by atoms with Crippen LogP contribution in [0, 0.1) is 0 Å². The Morgan fingerprint density at radius 3 is 2.83 bits per heavy atom. The van der Waals surface area contributed by atoms with Gasteiger partial charge in [0.15, 0.2) is 5.82 Å². The largest absolute Gasteiger partial charge is 0.352 e. The van der Waals surface area contributed by atoms with Gasteiger partial charge in [0.05, 0.1) is 10.6 Å². The summed E-state index contributed by atoms with van der Waals surface area (Å²) in [5, 5.41) is 3.16. The van der Waals surface area contributed by atoms with Gasteiger partial charge in [0.25, 0.3) is 5.91 Å². The molecule has 0 aliphatic heterocycles. The van der Waals surface area contributed by atoms with Gasteiger partial charge in [-0.05, 0) is 12.5 Å². The minimum absolute atomic E-state index is 0.163. The van der Waals surface area contributed by atoms with E-state index in [-0.39, 0.29) is 5.91 Å². The normalized spacial score (nSPS) is 10.2. The van der Waals surface area contributed by atoms with Crippen molar-refractivity contribution in [1.82, 2.24) is 10.3 Å². The van der Waals surface area contributed by atoms with Crippen molar-refractivity contribution in [2.75, 3.05) is 12.0 Å². The van der Waals surface area contributed by atoms with E-state index >= 15 is 0 Å². The Morgan fingerprint density at radius 2 is 2.22 bits per heavy atom. The van der Waals surface area contributed by atoms with E-state index in [1.807, 2.05) is 0 Å². The fourth-order valence-electron chi connectivity index (χ4n) is 1.52. The van der Waals surface area contributed by atoms with Crippen LogP contribution < -0.4 is 16.6 Å². The number of hydrogen-bond donors (Lipinski definition) is 3. The van der Waals surface area contributed by atoms with E-state index in [0.717, 1.165) is 12.8 Å². The van der Waals surface area contributed by atoms with Crippen molar-refractivity contribution in [2.45, 2.75) is 32.6 Å². The quantitative estimate of drug-likeness (QED) is 0.404. The number of anilines is 1. The highest BCUT2D eigenvalue weighted by Gasteiger charge is 2.08. The number of nitrogen functional groups attached to an aromatic ring is 1. The number of pyridine rings is 1. The lowest BCUT2D eigenvalue weighted by Gasteiger charge is -2.07. The van der Waals surface area contributed by atoms with Crippen LogP contribution in [0.25, 0.3) is 0 Å². The number of aromatic nitrogens is 1. The van der Waals surface area contributed by atoms with Gasteiger partial charge >= 0.3 is 0 Å². The Bertz CT molecular complexity index is 398. The van der Waals surface area contributed by atoms with Crippen LogP contribution >= 0.6 is 11.6 Å². The van der Waals surface area contributed by atoms with Gasteiger partial charge < -0.3 is 10.7 Å². The van der Waals surface area contributed by atoms with Crippen molar-refractivity contribution in [3.63, 3.8) is 0 Å². The Morgan fingerprint density at radius 1 is 1.44 bits per heavy atom. The molecular formula is C12H19ClN4O. The molecule has 0 spiro atoms. The second-order valence-electron chi connectivity index (χ2n) is 4.02. The lowest BCUT2D eigenvalue weighted by molar-refractivity contribution is 0.0952. The highest BCUT2D eigenvalue weighted by Crippen LogP contribution is 2.18. The highest BCUT2D eigenvalue weighted by molar-refractivity contribution is 6.33. The zero-order valence-electron chi connectivity index (χ0n) is 10.5. The van der Waals surface area contributed by atoms with E-state index in [2.05, 4.69) is 22.7 Å². The number of halogens is 1. The summed E-state index contributed by atoms with van der Waals surface area (Å²) in [5.74, 6) is 5.40. The molecule has 1 amide bonds. The minimum atomic E-state index is -0.163. The van der Waals surface area contributed by atoms with Crippen molar-refractivity contribution >= 4 is 23.3 Å². The predicted molar refractivity (Wildman–Crippen MR) is 73.5 cm³/mol. The Balaban J connectivity index is 2.44. The number of carbonyl (C=O) groups excluding carboxylic acids is 1. The summed E-state index contributed by atoms with van der Waals surface area (Å²) in [6, 6.07) is 1.55. The summed E-state index contributed by atoms with van der Waals surface area (Å²) in [6.07, 6.45) is 5.94. The molecule has 4 N–H and O–H groups in total. The van der Waals surface area contributed by atoms with Gasteiger partial charge in [-0.2, -0.15) is 0 Å². The van der Waals surface area contributed by atoms with E-state index in [1.54, 1.807) is 6.07 Å². The number of hydrogen-bond acceptors (Lipinski definition) is 4. The molecule has 18 heavy (non-hydrogen) atoms. The van der Waals surface area contributed by atoms with Crippen LogP contribution in [0.15, 0.2) is 12.3 Å². The molecule has 0 unspecified atom stereocenters. The van der Waals surface area contributed by atoms with Gasteiger partial charge in [-0.15, -0.1) is 0 Å². The Labute approximate surface area is 112 Å². The van der Waals surface area contributed by atoms with E-state index in [0.29, 0.717) is 22.9 Å². The summed E-state index contributed by atoms with van der Waals surface area (Å²) < 4.78 is 0. The SMILES string of the molecule is CCCCCCNC(=O)c1cnc(NN)c(Cl)c1. The number of rotatable bonds is 7. The van der Waals surface area contributed by atoms with Gasteiger partial charge in [-0.25, -0.2) is 10.8 Å². The fraction of sp³-hybridized carbons (Fsp3) is 0.500. The van der Waals surface area contributed by atoms with Crippen molar-refractivity contribution < 1.29 is 4.79 Å². The molecule has 0 aliphatic carbocycles. The average Bonchev–Trinajstić information content (AvgIpc) is 2.38. The molecule has 0 bridgehead atoms. The van der Waals surface area contributed by atoms with Crippen molar-refractivity contribution in [3.8, 4) is 0 Å². The van der Waals surface area contributed by atoms with E-state index in [9.17, 15) is 4.79 Å². The van der Waals surface area contributed by atoms with Crippen LogP contribution in [0.2, 0.25) is 5.02 Å². The number of unbranched alkanes of at least 4 members (excludes halogenated alkanes) is 3. The molecule has 0 radical (unpaired) electrons. The molecule has 0 aromatic carbocycles. The van der Waals surface area contributed by atoms with E-state index in [4.69, 9.17) is 17.4 Å². The van der Waals surface area contributed by atoms with Crippen LogP contribution in [-0.2, 0) is 0 Å². The molecule has 0 saturated carbocycles. The molecule has 0 saturated heterocycles. The van der Waals surface area contributed by atoms with Gasteiger partial charge in [-0.3, -0.25) is 4.79 Å². The molecule has 1 aromatic rings. The maximum absolute atomic E-state index is 11.8. The molecule has 6 heteroatoms. The number of nitrogens with two attached hydrogens (primary N) is 1. The van der Waals surface area contributed by atoms with Gasteiger partial charge in [0, 0.05) is 12.7 Å². The lowest BCUT2D eigenvalue weighted by atomic mass is 10.2. The van der Waals surface area contributed by atoms with Crippen LogP contribution in [0.3, 0.4) is 0 Å². The summed E-state index contributed by atoms with van der Waals surface area (Å²) in [5.41, 5.74) is 2.79. The molecule has 100 valence electrons. The molecule has 1 heterocycles. The number of nitrogens with one attached hydrogen (secondary N) is 2. The standard InChI is InChI=1S/C12H19ClN4O/c1-2-3-4-5-6-15-12(18)9-7-10(13)11(17-14)16-8-9/h7-8H,2-6,14H2,1H3,(H,15,18)(H,16,17). The highest BCUT2D eigenvalue weighted by atomic mass is 35.5. The first kappa shape index (κ1) is 14.7. The number of nitrogens with zero attached hydrogens (tertiary/aromatic N) is 1. The van der Waals surface area contributed by atoms with Gasteiger partial charge in [-0.1, -0.05) is 37.8 Å². The molecule has 0 fully saturated rings. The second kappa shape index (κ2) is 7.89. The average molecular weight is 271 g/mol. The van der Waals surface area contributed by atoms with E-state index < -0.39 is 0 Å². The number of amides is 1. The first-order chi connectivity index (χ1) is 8.69. The first-order valence-electron chi connectivity index (χ1n) is 6.09. The predicted octanol–water partition coefficient (Wildman–Crippen LogP) is 2.33. The van der Waals surface area contributed by atoms with Crippen molar-refractivity contribution in [3.05, 3.63) is 22.8 Å². The third kappa shape index (κ3) is 4.50. The van der Waals surface area contributed by atoms with Crippen LogP contribution in [-0.4, -0.2) is 17.4 Å². The van der Waals surface area contributed by atoms with Crippen LogP contribution in [0.5, 0.6) is 0 Å². The smallest absolute Gasteiger partial charge is 0.252 e. The van der Waals surface area contributed by atoms with Crippen molar-refractivity contribution in [2.24, 2.45) is 5.84 Å². The third-order valence-corrected chi connectivity index (χ3v) is 2.84. The second-order valence-corrected chi connectivity index (χ2v) is 4.42. The first-order valence-corrected chi connectivity index (χ1v) is 6.47. The molecule has 0 atom stereocenters. The number of hydrazine groups is 1. The molecule has 0 aliphatic rings. The zero-order chi connectivity index (χ0) is 13.4. The third-order valence-electron chi connectivity index (χ3n) is 2.56. The van der Waals surface area contributed by atoms with Gasteiger partial charge in [0.2, 0.25) is 0 Å². The maximum Gasteiger partial charge on any atom is 0.252 e. The Kier molecular flexibility index (Phi) is 6.46. The topological polar surface area (TPSA) is 80.0 Å². The maximum atomic E-state index is 11.8. The van der Waals surface area contributed by atoms with E-state index in [1.165, 1.54) is 19.0 Å². The Hall–Kier alpha value is -1.33. The summed E-state index contributed by atoms with van der Waals surface area (Å²) >= 11 is 5.89. The van der Waals surface area contributed by atoms with Crippen LogP contribution in [0.4, 0.5) is 5.82 Å². The monoisotopic (exact) mass is 270 g/mol. The summed E-state index contributed by atoms with van der Waals surface area (Å²) in [6.45, 7) is 2.83.